The number of fused-ring (bicyclic) bond motifs is 5. The summed E-state index contributed by atoms with van der Waals surface area (Å²) in [4.78, 5) is 45.5. The summed E-state index contributed by atoms with van der Waals surface area (Å²) in [6.07, 6.45) is 4.24. The lowest BCUT2D eigenvalue weighted by molar-refractivity contribution is -0.136. The first kappa shape index (κ1) is 28.2. The lowest BCUT2D eigenvalue weighted by Crippen LogP contribution is -2.57. The van der Waals surface area contributed by atoms with E-state index in [1.165, 1.54) is 0 Å². The largest absolute Gasteiger partial charge is 0.493 e. The number of aromatic nitrogens is 1. The number of methoxy groups -OCH3 is 1. The van der Waals surface area contributed by atoms with Crippen molar-refractivity contribution in [2.24, 2.45) is 0 Å². The van der Waals surface area contributed by atoms with Crippen molar-refractivity contribution >= 4 is 17.7 Å². The van der Waals surface area contributed by atoms with Crippen molar-refractivity contribution in [1.29, 1.82) is 0 Å². The molecule has 216 valence electrons. The van der Waals surface area contributed by atoms with E-state index in [9.17, 15) is 14.4 Å². The van der Waals surface area contributed by atoms with Gasteiger partial charge in [-0.3, -0.25) is 14.4 Å². The fraction of sp³-hybridized carbons (Fsp3) is 0.387. The number of nitrogens with zero attached hydrogens (tertiary/aromatic N) is 2. The minimum absolute atomic E-state index is 0.0381. The second-order valence-electron chi connectivity index (χ2n) is 10.3. The summed E-state index contributed by atoms with van der Waals surface area (Å²) < 4.78 is 18.1. The quantitative estimate of drug-likeness (QED) is 0.507. The molecule has 0 aliphatic carbocycles. The van der Waals surface area contributed by atoms with Gasteiger partial charge in [-0.25, -0.2) is 0 Å². The summed E-state index contributed by atoms with van der Waals surface area (Å²) in [6, 6.07) is 14.7. The summed E-state index contributed by atoms with van der Waals surface area (Å²) in [5.74, 6) is 1.32. The third-order valence-corrected chi connectivity index (χ3v) is 7.55. The SMILES string of the molecule is CCN1CC(=O)N[C@H]2CCN(C(=O)c3cc[nH]c3)C[C@@H]2OCc2cccc(c2)Oc2cc(ccc2OC)CCC1=O. The maximum atomic E-state index is 13.1. The number of benzene rings is 2. The molecule has 41 heavy (non-hydrogen) atoms. The van der Waals surface area contributed by atoms with Crippen LogP contribution in [0.5, 0.6) is 17.2 Å². The fourth-order valence-electron chi connectivity index (χ4n) is 5.27. The van der Waals surface area contributed by atoms with E-state index in [1.807, 2.05) is 49.4 Å². The van der Waals surface area contributed by atoms with Gasteiger partial charge >= 0.3 is 0 Å². The molecule has 10 nitrogen and oxygen atoms in total. The molecule has 4 bridgehead atoms. The number of piperidine rings is 1. The van der Waals surface area contributed by atoms with E-state index < -0.39 is 6.10 Å². The smallest absolute Gasteiger partial charge is 0.255 e. The highest BCUT2D eigenvalue weighted by molar-refractivity contribution is 5.94. The van der Waals surface area contributed by atoms with Gasteiger partial charge in [-0.2, -0.15) is 0 Å². The van der Waals surface area contributed by atoms with Crippen molar-refractivity contribution in [1.82, 2.24) is 20.1 Å². The molecule has 0 saturated carbocycles. The number of aromatic amines is 1. The molecule has 2 aromatic carbocycles. The number of likely N-dealkylation sites (tertiary alicyclic amines) is 1. The van der Waals surface area contributed by atoms with Gasteiger partial charge < -0.3 is 34.3 Å². The predicted octanol–water partition coefficient (Wildman–Crippen LogP) is 3.53. The zero-order valence-corrected chi connectivity index (χ0v) is 23.4. The molecular formula is C31H36N4O6. The molecule has 1 saturated heterocycles. The molecule has 1 fully saturated rings. The number of amides is 3. The van der Waals surface area contributed by atoms with E-state index >= 15 is 0 Å². The third-order valence-electron chi connectivity index (χ3n) is 7.55. The Hall–Kier alpha value is -4.31. The highest BCUT2D eigenvalue weighted by atomic mass is 16.5. The van der Waals surface area contributed by atoms with Gasteiger partial charge in [-0.15, -0.1) is 0 Å². The molecule has 2 aliphatic heterocycles. The molecular weight excluding hydrogens is 524 g/mol. The molecule has 3 aromatic rings. The second-order valence-corrected chi connectivity index (χ2v) is 10.3. The van der Waals surface area contributed by atoms with Crippen LogP contribution in [-0.2, 0) is 27.4 Å². The van der Waals surface area contributed by atoms with Crippen molar-refractivity contribution in [2.75, 3.05) is 33.3 Å². The van der Waals surface area contributed by atoms with Gasteiger partial charge in [0.1, 0.15) is 5.75 Å². The number of nitrogens with one attached hydrogen (secondary N) is 2. The topological polar surface area (TPSA) is 113 Å². The fourth-order valence-corrected chi connectivity index (χ4v) is 5.27. The molecule has 0 spiro atoms. The Morgan fingerprint density at radius 1 is 1.10 bits per heavy atom. The minimum atomic E-state index is -0.443. The van der Waals surface area contributed by atoms with Crippen LogP contribution in [0.3, 0.4) is 0 Å². The molecule has 1 aromatic heterocycles. The van der Waals surface area contributed by atoms with Crippen LogP contribution in [0.1, 0.15) is 41.3 Å². The van der Waals surface area contributed by atoms with E-state index in [0.717, 1.165) is 11.1 Å². The Labute approximate surface area is 239 Å². The van der Waals surface area contributed by atoms with Crippen LogP contribution >= 0.6 is 0 Å². The van der Waals surface area contributed by atoms with Gasteiger partial charge in [-0.05, 0) is 61.2 Å². The standard InChI is InChI=1S/C31H36N4O6/c1-3-34-19-29(36)33-25-12-14-35(31(38)23-11-13-32-17-23)18-28(25)40-20-22-5-4-6-24(15-22)41-27-16-21(8-10-30(34)37)7-9-26(27)39-2/h4-7,9,11,13,15-17,25,28,32H,3,8,10,12,14,18-20H2,1-2H3,(H,33,36)/t25-,28-/m0/s1. The first-order valence-electron chi connectivity index (χ1n) is 14.0. The zero-order chi connectivity index (χ0) is 28.8. The summed E-state index contributed by atoms with van der Waals surface area (Å²) in [7, 11) is 1.59. The van der Waals surface area contributed by atoms with Gasteiger partial charge in [0.2, 0.25) is 11.8 Å². The number of H-pyrrole nitrogens is 1. The van der Waals surface area contributed by atoms with Crippen molar-refractivity contribution in [3.05, 3.63) is 77.6 Å². The monoisotopic (exact) mass is 560 g/mol. The molecule has 2 aliphatic rings. The predicted molar refractivity (Wildman–Crippen MR) is 152 cm³/mol. The Balaban J connectivity index is 1.42. The summed E-state index contributed by atoms with van der Waals surface area (Å²) in [5, 5.41) is 3.09. The van der Waals surface area contributed by atoms with Crippen LogP contribution in [0, 0.1) is 0 Å². The average molecular weight is 561 g/mol. The van der Waals surface area contributed by atoms with Crippen LogP contribution < -0.4 is 14.8 Å². The van der Waals surface area contributed by atoms with Crippen molar-refractivity contribution in [3.8, 4) is 17.2 Å². The van der Waals surface area contributed by atoms with E-state index in [0.29, 0.717) is 55.3 Å². The molecule has 3 heterocycles. The van der Waals surface area contributed by atoms with E-state index in [1.54, 1.807) is 35.4 Å². The number of carbonyl (C=O) groups excluding carboxylic acids is 3. The Bertz CT molecular complexity index is 1370. The maximum absolute atomic E-state index is 13.1. The Morgan fingerprint density at radius 3 is 2.76 bits per heavy atom. The Morgan fingerprint density at radius 2 is 1.98 bits per heavy atom. The number of rotatable bonds is 3. The second kappa shape index (κ2) is 12.9. The highest BCUT2D eigenvalue weighted by Crippen LogP contribution is 2.33. The van der Waals surface area contributed by atoms with Crippen LogP contribution in [-0.4, -0.2) is 77.9 Å². The summed E-state index contributed by atoms with van der Waals surface area (Å²) in [5.41, 5.74) is 2.40. The van der Waals surface area contributed by atoms with Crippen LogP contribution in [0.15, 0.2) is 60.9 Å². The molecule has 5 rings (SSSR count). The normalized spacial score (nSPS) is 20.2. The summed E-state index contributed by atoms with van der Waals surface area (Å²) in [6.45, 7) is 3.31. The zero-order valence-electron chi connectivity index (χ0n) is 23.4. The van der Waals surface area contributed by atoms with Gasteiger partial charge in [0, 0.05) is 38.4 Å². The van der Waals surface area contributed by atoms with Crippen LogP contribution in [0.4, 0.5) is 0 Å². The molecule has 2 atom stereocenters. The van der Waals surface area contributed by atoms with E-state index in [4.69, 9.17) is 14.2 Å². The number of carbonyl (C=O) groups is 3. The molecule has 0 radical (unpaired) electrons. The molecule has 3 amide bonds. The molecule has 0 unspecified atom stereocenters. The highest BCUT2D eigenvalue weighted by Gasteiger charge is 2.34. The number of hydrogen-bond acceptors (Lipinski definition) is 6. The van der Waals surface area contributed by atoms with Crippen molar-refractivity contribution in [3.63, 3.8) is 0 Å². The van der Waals surface area contributed by atoms with Gasteiger partial charge in [-0.1, -0.05) is 18.2 Å². The number of hydrogen-bond donors (Lipinski definition) is 2. The van der Waals surface area contributed by atoms with Crippen molar-refractivity contribution < 1.29 is 28.6 Å². The minimum Gasteiger partial charge on any atom is -0.493 e. The lowest BCUT2D eigenvalue weighted by atomic mass is 10.0. The molecule has 2 N–H and O–H groups in total. The molecule has 10 heteroatoms. The first-order valence-corrected chi connectivity index (χ1v) is 14.0. The van der Waals surface area contributed by atoms with Crippen LogP contribution in [0.2, 0.25) is 0 Å². The Kier molecular flexibility index (Phi) is 8.88. The first-order chi connectivity index (χ1) is 19.9. The van der Waals surface area contributed by atoms with Crippen molar-refractivity contribution in [2.45, 2.75) is 44.9 Å². The van der Waals surface area contributed by atoms with Gasteiger partial charge in [0.05, 0.1) is 38.0 Å². The van der Waals surface area contributed by atoms with Crippen LogP contribution in [0.25, 0.3) is 0 Å². The third kappa shape index (κ3) is 6.89. The lowest BCUT2D eigenvalue weighted by Gasteiger charge is -2.39. The maximum Gasteiger partial charge on any atom is 0.255 e. The average Bonchev–Trinajstić information content (AvgIpc) is 3.53. The van der Waals surface area contributed by atoms with Gasteiger partial charge in [0.25, 0.3) is 5.91 Å². The number of aryl methyl sites for hydroxylation is 1. The van der Waals surface area contributed by atoms with Gasteiger partial charge in [0.15, 0.2) is 11.5 Å². The van der Waals surface area contributed by atoms with E-state index in [2.05, 4.69) is 10.3 Å². The number of likely N-dealkylation sites (N-methyl/N-ethyl adjacent to an activating group) is 1. The summed E-state index contributed by atoms with van der Waals surface area (Å²) >= 11 is 0. The number of ether oxygens (including phenoxy) is 3. The van der Waals surface area contributed by atoms with E-state index in [-0.39, 0.29) is 43.3 Å².